The van der Waals surface area contributed by atoms with Crippen LogP contribution in [-0.2, 0) is 23.9 Å². The van der Waals surface area contributed by atoms with Crippen LogP contribution in [0, 0.1) is 0 Å². The van der Waals surface area contributed by atoms with Crippen LogP contribution in [0.2, 0.25) is 0 Å². The molecule has 8 heteroatoms. The number of thioether (sulfide) groups is 1. The summed E-state index contributed by atoms with van der Waals surface area (Å²) in [6, 6.07) is -0.614. The smallest absolute Gasteiger partial charge is 0.329 e. The predicted octanol–water partition coefficient (Wildman–Crippen LogP) is -0.601. The average molecular weight is 316 g/mol. The van der Waals surface area contributed by atoms with Crippen LogP contribution in [0.5, 0.6) is 0 Å². The number of amides is 2. The Labute approximate surface area is 127 Å². The zero-order valence-corrected chi connectivity index (χ0v) is 12.8. The van der Waals surface area contributed by atoms with Gasteiger partial charge < -0.3 is 19.7 Å². The summed E-state index contributed by atoms with van der Waals surface area (Å²) in [5, 5.41) is 2.19. The summed E-state index contributed by atoms with van der Waals surface area (Å²) in [7, 11) is 0. The van der Waals surface area contributed by atoms with E-state index in [0.29, 0.717) is 32.1 Å². The second kappa shape index (κ2) is 7.65. The number of nitrogens with zero attached hydrogens (tertiary/aromatic N) is 1. The van der Waals surface area contributed by atoms with Crippen LogP contribution < -0.4 is 5.32 Å². The molecule has 0 aromatic heterocycles. The van der Waals surface area contributed by atoms with Crippen molar-refractivity contribution in [3.8, 4) is 0 Å². The van der Waals surface area contributed by atoms with Crippen LogP contribution in [0.3, 0.4) is 0 Å². The molecule has 0 saturated carbocycles. The molecule has 21 heavy (non-hydrogen) atoms. The summed E-state index contributed by atoms with van der Waals surface area (Å²) in [6.45, 7) is 4.24. The van der Waals surface area contributed by atoms with Crippen molar-refractivity contribution < 1.29 is 23.9 Å². The minimum atomic E-state index is -0.614. The SMILES string of the molecule is CCOC(=O)[C@@H]1CS[C@H](CC(=O)N2CCOCC2)C(=O)N1. The van der Waals surface area contributed by atoms with Crippen molar-refractivity contribution in [3.63, 3.8) is 0 Å². The third kappa shape index (κ3) is 4.34. The molecule has 118 valence electrons. The Morgan fingerprint density at radius 1 is 1.43 bits per heavy atom. The summed E-state index contributed by atoms with van der Waals surface area (Å²) in [5.74, 6) is -0.297. The molecule has 1 N–H and O–H groups in total. The molecule has 2 saturated heterocycles. The number of nitrogens with one attached hydrogen (secondary N) is 1. The van der Waals surface area contributed by atoms with E-state index >= 15 is 0 Å². The van der Waals surface area contributed by atoms with E-state index in [-0.39, 0.29) is 24.8 Å². The highest BCUT2D eigenvalue weighted by Crippen LogP contribution is 2.22. The molecule has 7 nitrogen and oxygen atoms in total. The third-order valence-electron chi connectivity index (χ3n) is 3.37. The maximum atomic E-state index is 12.1. The highest BCUT2D eigenvalue weighted by atomic mass is 32.2. The standard InChI is InChI=1S/C13H20N2O5S/c1-2-20-13(18)9-8-21-10(12(17)14-9)7-11(16)15-3-5-19-6-4-15/h9-10H,2-8H2,1H3,(H,14,17)/t9-,10+/m0/s1. The molecule has 2 aliphatic heterocycles. The Kier molecular flexibility index (Phi) is 5.86. The second-order valence-electron chi connectivity index (χ2n) is 4.83. The fourth-order valence-corrected chi connectivity index (χ4v) is 3.34. The Hall–Kier alpha value is -1.28. The number of carbonyl (C=O) groups is 3. The highest BCUT2D eigenvalue weighted by molar-refractivity contribution is 8.00. The molecule has 0 bridgehead atoms. The second-order valence-corrected chi connectivity index (χ2v) is 6.07. The third-order valence-corrected chi connectivity index (χ3v) is 4.68. The van der Waals surface area contributed by atoms with Crippen molar-refractivity contribution in [1.82, 2.24) is 10.2 Å². The van der Waals surface area contributed by atoms with Crippen molar-refractivity contribution in [3.05, 3.63) is 0 Å². The van der Waals surface area contributed by atoms with Crippen LogP contribution in [-0.4, -0.2) is 72.6 Å². The molecular formula is C13H20N2O5S. The molecule has 0 aliphatic carbocycles. The van der Waals surface area contributed by atoms with E-state index < -0.39 is 17.3 Å². The monoisotopic (exact) mass is 316 g/mol. The van der Waals surface area contributed by atoms with Crippen LogP contribution >= 0.6 is 11.8 Å². The summed E-state index contributed by atoms with van der Waals surface area (Å²) < 4.78 is 10.1. The summed E-state index contributed by atoms with van der Waals surface area (Å²) in [5.41, 5.74) is 0. The number of hydrogen-bond acceptors (Lipinski definition) is 6. The summed E-state index contributed by atoms with van der Waals surface area (Å²) in [6.07, 6.45) is 0.159. The molecule has 2 rings (SSSR count). The van der Waals surface area contributed by atoms with E-state index in [1.165, 1.54) is 11.8 Å². The van der Waals surface area contributed by atoms with Gasteiger partial charge in [0.05, 0.1) is 25.1 Å². The van der Waals surface area contributed by atoms with E-state index in [4.69, 9.17) is 9.47 Å². The Morgan fingerprint density at radius 3 is 2.76 bits per heavy atom. The fourth-order valence-electron chi connectivity index (χ4n) is 2.22. The summed E-state index contributed by atoms with van der Waals surface area (Å²) in [4.78, 5) is 37.4. The lowest BCUT2D eigenvalue weighted by Gasteiger charge is -2.30. The quantitative estimate of drug-likeness (QED) is 0.697. The van der Waals surface area contributed by atoms with E-state index in [1.54, 1.807) is 11.8 Å². The molecule has 0 aromatic rings. The molecule has 0 aromatic carbocycles. The predicted molar refractivity (Wildman–Crippen MR) is 76.8 cm³/mol. The lowest BCUT2D eigenvalue weighted by molar-refractivity contribution is -0.147. The van der Waals surface area contributed by atoms with Gasteiger partial charge in [-0.05, 0) is 6.92 Å². The first-order chi connectivity index (χ1) is 10.1. The van der Waals surface area contributed by atoms with Crippen molar-refractivity contribution in [2.24, 2.45) is 0 Å². The van der Waals surface area contributed by atoms with Gasteiger partial charge >= 0.3 is 5.97 Å². The molecule has 0 radical (unpaired) electrons. The highest BCUT2D eigenvalue weighted by Gasteiger charge is 2.35. The molecule has 2 atom stereocenters. The van der Waals surface area contributed by atoms with Crippen LogP contribution in [0.1, 0.15) is 13.3 Å². The van der Waals surface area contributed by atoms with E-state index in [2.05, 4.69) is 5.32 Å². The Balaban J connectivity index is 1.81. The first-order valence-electron chi connectivity index (χ1n) is 7.06. The van der Waals surface area contributed by atoms with Gasteiger partial charge in [-0.1, -0.05) is 0 Å². The normalized spacial score (nSPS) is 26.1. The first kappa shape index (κ1) is 16.1. The molecule has 2 aliphatic rings. The number of esters is 1. The first-order valence-corrected chi connectivity index (χ1v) is 8.10. The van der Waals surface area contributed by atoms with Gasteiger partial charge in [0, 0.05) is 25.3 Å². The van der Waals surface area contributed by atoms with Crippen molar-refractivity contribution in [2.75, 3.05) is 38.7 Å². The largest absolute Gasteiger partial charge is 0.464 e. The van der Waals surface area contributed by atoms with Crippen LogP contribution in [0.15, 0.2) is 0 Å². The minimum absolute atomic E-state index is 0.0412. The van der Waals surface area contributed by atoms with Crippen molar-refractivity contribution >= 4 is 29.5 Å². The lowest BCUT2D eigenvalue weighted by atomic mass is 10.2. The summed E-state index contributed by atoms with van der Waals surface area (Å²) >= 11 is 1.33. The number of ether oxygens (including phenoxy) is 2. The number of morpholine rings is 1. The van der Waals surface area contributed by atoms with Crippen molar-refractivity contribution in [1.29, 1.82) is 0 Å². The van der Waals surface area contributed by atoms with Gasteiger partial charge in [0.15, 0.2) is 0 Å². The molecule has 2 amide bonds. The van der Waals surface area contributed by atoms with Gasteiger partial charge in [0.1, 0.15) is 6.04 Å². The fraction of sp³-hybridized carbons (Fsp3) is 0.769. The molecule has 0 unspecified atom stereocenters. The number of hydrogen-bond donors (Lipinski definition) is 1. The molecular weight excluding hydrogens is 296 g/mol. The minimum Gasteiger partial charge on any atom is -0.464 e. The van der Waals surface area contributed by atoms with E-state index in [9.17, 15) is 14.4 Å². The van der Waals surface area contributed by atoms with E-state index in [1.807, 2.05) is 0 Å². The Morgan fingerprint density at radius 2 is 2.14 bits per heavy atom. The number of carbonyl (C=O) groups excluding carboxylic acids is 3. The maximum absolute atomic E-state index is 12.1. The van der Waals surface area contributed by atoms with Gasteiger partial charge in [-0.25, -0.2) is 4.79 Å². The van der Waals surface area contributed by atoms with Crippen molar-refractivity contribution in [2.45, 2.75) is 24.6 Å². The number of rotatable bonds is 4. The topological polar surface area (TPSA) is 84.9 Å². The Bertz CT molecular complexity index is 411. The van der Waals surface area contributed by atoms with Gasteiger partial charge in [-0.15, -0.1) is 11.8 Å². The zero-order valence-electron chi connectivity index (χ0n) is 12.0. The maximum Gasteiger partial charge on any atom is 0.329 e. The molecule has 2 heterocycles. The van der Waals surface area contributed by atoms with Gasteiger partial charge in [0.25, 0.3) is 0 Å². The van der Waals surface area contributed by atoms with Gasteiger partial charge in [-0.2, -0.15) is 0 Å². The average Bonchev–Trinajstić information content (AvgIpc) is 2.50. The van der Waals surface area contributed by atoms with E-state index in [0.717, 1.165) is 0 Å². The van der Waals surface area contributed by atoms with Gasteiger partial charge in [0.2, 0.25) is 11.8 Å². The van der Waals surface area contributed by atoms with Crippen LogP contribution in [0.4, 0.5) is 0 Å². The zero-order chi connectivity index (χ0) is 15.2. The van der Waals surface area contributed by atoms with Gasteiger partial charge in [-0.3, -0.25) is 9.59 Å². The molecule has 0 spiro atoms. The molecule has 2 fully saturated rings. The van der Waals surface area contributed by atoms with Crippen LogP contribution in [0.25, 0.3) is 0 Å². The lowest BCUT2D eigenvalue weighted by Crippen LogP contribution is -2.52.